The number of carbonyl (C=O) groups is 2. The Kier molecular flexibility index (Phi) is 5.72. The SMILES string of the molecule is CC(=O)c1c(C)[nH]c(C(=O)CN2CCN(c3cc(Cl)ccc3C)CC2)c1C. The zero-order valence-electron chi connectivity index (χ0n) is 16.4. The van der Waals surface area contributed by atoms with E-state index in [0.29, 0.717) is 17.8 Å². The summed E-state index contributed by atoms with van der Waals surface area (Å²) in [5, 5.41) is 0.743. The van der Waals surface area contributed by atoms with Gasteiger partial charge in [-0.25, -0.2) is 0 Å². The molecule has 144 valence electrons. The number of benzene rings is 1. The summed E-state index contributed by atoms with van der Waals surface area (Å²) >= 11 is 6.14. The lowest BCUT2D eigenvalue weighted by molar-refractivity contribution is 0.0921. The Morgan fingerprint density at radius 3 is 2.37 bits per heavy atom. The second-order valence-electron chi connectivity index (χ2n) is 7.30. The molecule has 1 aliphatic heterocycles. The highest BCUT2D eigenvalue weighted by atomic mass is 35.5. The summed E-state index contributed by atoms with van der Waals surface area (Å²) in [5.41, 5.74) is 5.10. The molecule has 1 saturated heterocycles. The van der Waals surface area contributed by atoms with Gasteiger partial charge in [0.1, 0.15) is 0 Å². The summed E-state index contributed by atoms with van der Waals surface area (Å²) in [5.74, 6) is 0.0290. The van der Waals surface area contributed by atoms with E-state index in [1.165, 1.54) is 12.5 Å². The van der Waals surface area contributed by atoms with Crippen molar-refractivity contribution >= 4 is 28.9 Å². The van der Waals surface area contributed by atoms with Crippen molar-refractivity contribution in [1.82, 2.24) is 9.88 Å². The first-order valence-corrected chi connectivity index (χ1v) is 9.62. The number of carbonyl (C=O) groups excluding carboxylic acids is 2. The second-order valence-corrected chi connectivity index (χ2v) is 7.73. The zero-order chi connectivity index (χ0) is 19.7. The van der Waals surface area contributed by atoms with Crippen LogP contribution >= 0.6 is 11.6 Å². The van der Waals surface area contributed by atoms with Crippen LogP contribution in [0.2, 0.25) is 5.02 Å². The van der Waals surface area contributed by atoms with E-state index >= 15 is 0 Å². The van der Waals surface area contributed by atoms with Crippen LogP contribution < -0.4 is 4.90 Å². The van der Waals surface area contributed by atoms with Crippen molar-refractivity contribution in [2.75, 3.05) is 37.6 Å². The molecule has 27 heavy (non-hydrogen) atoms. The maximum absolute atomic E-state index is 12.8. The number of hydrogen-bond donors (Lipinski definition) is 1. The third kappa shape index (κ3) is 4.09. The maximum Gasteiger partial charge on any atom is 0.193 e. The number of nitrogens with one attached hydrogen (secondary N) is 1. The summed E-state index contributed by atoms with van der Waals surface area (Å²) in [6, 6.07) is 5.95. The number of rotatable bonds is 5. The number of aromatic amines is 1. The highest BCUT2D eigenvalue weighted by molar-refractivity contribution is 6.30. The standard InChI is InChI=1S/C21H26ClN3O2/c1-13-5-6-17(22)11-18(13)25-9-7-24(8-10-25)12-19(27)21-14(2)20(16(4)26)15(3)23-21/h5-6,11,23H,7-10,12H2,1-4H3. The number of hydrogen-bond acceptors (Lipinski definition) is 4. The molecule has 5 nitrogen and oxygen atoms in total. The number of nitrogens with zero attached hydrogens (tertiary/aromatic N) is 2. The van der Waals surface area contributed by atoms with Crippen molar-refractivity contribution in [2.45, 2.75) is 27.7 Å². The first-order valence-electron chi connectivity index (χ1n) is 9.24. The molecule has 0 atom stereocenters. The van der Waals surface area contributed by atoms with Gasteiger partial charge in [0.25, 0.3) is 0 Å². The Morgan fingerprint density at radius 1 is 1.11 bits per heavy atom. The molecule has 0 amide bonds. The van der Waals surface area contributed by atoms with Crippen LogP contribution in [0.1, 0.15) is 44.6 Å². The molecule has 2 aromatic rings. The van der Waals surface area contributed by atoms with Crippen molar-refractivity contribution in [3.05, 3.63) is 51.3 Å². The van der Waals surface area contributed by atoms with Crippen LogP contribution in [0.5, 0.6) is 0 Å². The number of halogens is 1. The molecule has 0 aliphatic carbocycles. The van der Waals surface area contributed by atoms with Gasteiger partial charge in [-0.1, -0.05) is 17.7 Å². The smallest absolute Gasteiger partial charge is 0.193 e. The Labute approximate surface area is 165 Å². The topological polar surface area (TPSA) is 56.4 Å². The molecule has 1 N–H and O–H groups in total. The lowest BCUT2D eigenvalue weighted by Crippen LogP contribution is -2.48. The molecule has 0 saturated carbocycles. The van der Waals surface area contributed by atoms with Crippen molar-refractivity contribution in [1.29, 1.82) is 0 Å². The van der Waals surface area contributed by atoms with Gasteiger partial charge in [0.05, 0.1) is 12.2 Å². The van der Waals surface area contributed by atoms with Gasteiger partial charge >= 0.3 is 0 Å². The molecule has 3 rings (SSSR count). The Hall–Kier alpha value is -2.11. The molecule has 0 spiro atoms. The van der Waals surface area contributed by atoms with Gasteiger partial charge in [-0.05, 0) is 51.0 Å². The number of Topliss-reactive ketones (excluding diaryl/α,β-unsaturated/α-hetero) is 2. The summed E-state index contributed by atoms with van der Waals surface area (Å²) in [4.78, 5) is 32.1. The van der Waals surface area contributed by atoms with Crippen LogP contribution in [-0.2, 0) is 0 Å². The van der Waals surface area contributed by atoms with E-state index in [1.807, 2.05) is 32.0 Å². The Balaban J connectivity index is 1.64. The minimum Gasteiger partial charge on any atom is -0.369 e. The minimum absolute atomic E-state index is 0.00851. The van der Waals surface area contributed by atoms with Gasteiger partial charge in [-0.2, -0.15) is 0 Å². The molecule has 0 radical (unpaired) electrons. The molecule has 1 fully saturated rings. The predicted molar refractivity (Wildman–Crippen MR) is 109 cm³/mol. The molecule has 6 heteroatoms. The lowest BCUT2D eigenvalue weighted by Gasteiger charge is -2.36. The average Bonchev–Trinajstić information content (AvgIpc) is 2.92. The first kappa shape index (κ1) is 19.6. The zero-order valence-corrected chi connectivity index (χ0v) is 17.1. The number of anilines is 1. The molecule has 2 heterocycles. The second kappa shape index (κ2) is 7.87. The van der Waals surface area contributed by atoms with Crippen LogP contribution in [0.25, 0.3) is 0 Å². The molecular formula is C21H26ClN3O2. The van der Waals surface area contributed by atoms with Gasteiger partial charge in [0.15, 0.2) is 11.6 Å². The van der Waals surface area contributed by atoms with Gasteiger partial charge in [0.2, 0.25) is 0 Å². The quantitative estimate of drug-likeness (QED) is 0.793. The molecule has 0 unspecified atom stereocenters. The average molecular weight is 388 g/mol. The molecule has 0 bridgehead atoms. The van der Waals surface area contributed by atoms with Crippen LogP contribution in [0.3, 0.4) is 0 Å². The third-order valence-corrected chi connectivity index (χ3v) is 5.55. The van der Waals surface area contributed by atoms with E-state index in [4.69, 9.17) is 11.6 Å². The Morgan fingerprint density at radius 2 is 1.78 bits per heavy atom. The van der Waals surface area contributed by atoms with E-state index in [-0.39, 0.29) is 11.6 Å². The summed E-state index contributed by atoms with van der Waals surface area (Å²) in [6.07, 6.45) is 0. The number of aromatic nitrogens is 1. The fraction of sp³-hybridized carbons (Fsp3) is 0.429. The van der Waals surface area contributed by atoms with Crippen LogP contribution in [-0.4, -0.2) is 54.2 Å². The van der Waals surface area contributed by atoms with Crippen LogP contribution in [0, 0.1) is 20.8 Å². The number of piperazine rings is 1. The molecule has 1 aromatic heterocycles. The normalized spacial score (nSPS) is 15.2. The Bertz CT molecular complexity index is 880. The summed E-state index contributed by atoms with van der Waals surface area (Å²) < 4.78 is 0. The van der Waals surface area contributed by atoms with E-state index in [9.17, 15) is 9.59 Å². The maximum atomic E-state index is 12.8. The van der Waals surface area contributed by atoms with Crippen LogP contribution in [0.15, 0.2) is 18.2 Å². The molecular weight excluding hydrogens is 362 g/mol. The highest BCUT2D eigenvalue weighted by Gasteiger charge is 2.24. The molecule has 1 aromatic carbocycles. The number of ketones is 2. The van der Waals surface area contributed by atoms with Crippen molar-refractivity contribution in [3.63, 3.8) is 0 Å². The van der Waals surface area contributed by atoms with Crippen LogP contribution in [0.4, 0.5) is 5.69 Å². The van der Waals surface area contributed by atoms with E-state index < -0.39 is 0 Å². The number of H-pyrrole nitrogens is 1. The van der Waals surface area contributed by atoms with Gasteiger partial charge in [0, 0.05) is 48.1 Å². The van der Waals surface area contributed by atoms with Gasteiger partial charge < -0.3 is 9.88 Å². The van der Waals surface area contributed by atoms with Gasteiger partial charge in [-0.3, -0.25) is 14.5 Å². The van der Waals surface area contributed by atoms with Crippen molar-refractivity contribution in [2.24, 2.45) is 0 Å². The largest absolute Gasteiger partial charge is 0.369 e. The van der Waals surface area contributed by atoms with E-state index in [2.05, 4.69) is 21.7 Å². The highest BCUT2D eigenvalue weighted by Crippen LogP contribution is 2.25. The van der Waals surface area contributed by atoms with Crippen molar-refractivity contribution in [3.8, 4) is 0 Å². The van der Waals surface area contributed by atoms with Crippen molar-refractivity contribution < 1.29 is 9.59 Å². The number of aryl methyl sites for hydroxylation is 2. The van der Waals surface area contributed by atoms with Gasteiger partial charge in [-0.15, -0.1) is 0 Å². The molecule has 1 aliphatic rings. The predicted octanol–water partition coefficient (Wildman–Crippen LogP) is 3.80. The fourth-order valence-electron chi connectivity index (χ4n) is 3.91. The van der Waals surface area contributed by atoms with E-state index in [0.717, 1.165) is 48.1 Å². The fourth-order valence-corrected chi connectivity index (χ4v) is 4.08. The monoisotopic (exact) mass is 387 g/mol. The first-order chi connectivity index (χ1) is 12.8. The third-order valence-electron chi connectivity index (χ3n) is 5.32. The van der Waals surface area contributed by atoms with E-state index in [1.54, 1.807) is 0 Å². The minimum atomic E-state index is -0.00851. The lowest BCUT2D eigenvalue weighted by atomic mass is 10.1. The summed E-state index contributed by atoms with van der Waals surface area (Å²) in [6.45, 7) is 11.0. The summed E-state index contributed by atoms with van der Waals surface area (Å²) in [7, 11) is 0.